The van der Waals surface area contributed by atoms with Gasteiger partial charge in [0, 0.05) is 29.2 Å². The number of aryl methyl sites for hydroxylation is 1. The lowest BCUT2D eigenvalue weighted by Crippen LogP contribution is -2.34. The number of hydrogen-bond donors (Lipinski definition) is 0. The Labute approximate surface area is 206 Å². The van der Waals surface area contributed by atoms with Crippen molar-refractivity contribution in [2.75, 3.05) is 19.6 Å². The van der Waals surface area contributed by atoms with Crippen LogP contribution in [0.3, 0.4) is 0 Å². The molecule has 33 heavy (non-hydrogen) atoms. The molecule has 0 saturated carbocycles. The number of likely N-dealkylation sites (tertiary alicyclic amines) is 1. The predicted molar refractivity (Wildman–Crippen MR) is 136 cm³/mol. The lowest BCUT2D eigenvalue weighted by molar-refractivity contribution is 0.200. The van der Waals surface area contributed by atoms with Crippen LogP contribution in [0.15, 0.2) is 58.6 Å². The van der Waals surface area contributed by atoms with E-state index in [9.17, 15) is 0 Å². The normalized spacial score (nSPS) is 16.2. The van der Waals surface area contributed by atoms with E-state index in [0.717, 1.165) is 78.7 Å². The third-order valence-electron chi connectivity index (χ3n) is 6.39. The number of halogens is 1. The molecule has 1 aromatic carbocycles. The molecule has 0 spiro atoms. The number of piperidine rings is 1. The quantitative estimate of drug-likeness (QED) is 0.237. The molecule has 3 heterocycles. The van der Waals surface area contributed by atoms with Gasteiger partial charge in [-0.05, 0) is 75.6 Å². The highest BCUT2D eigenvalue weighted by atomic mass is 35.5. The van der Waals surface area contributed by atoms with Gasteiger partial charge >= 0.3 is 0 Å². The zero-order valence-corrected chi connectivity index (χ0v) is 21.1. The van der Waals surface area contributed by atoms with Crippen molar-refractivity contribution in [3.05, 3.63) is 77.0 Å². The smallest absolute Gasteiger partial charge is 0.191 e. The SMILES string of the molecule is C=CCn1c(SCc2cccc(Cl)c2)nnc1C1CCN(CC[C@H](C)c2ccc(C)o2)CC1. The Morgan fingerprint density at radius 1 is 1.24 bits per heavy atom. The van der Waals surface area contributed by atoms with Crippen molar-refractivity contribution in [3.8, 4) is 0 Å². The molecule has 0 N–H and O–H groups in total. The van der Waals surface area contributed by atoms with E-state index in [1.807, 2.05) is 31.2 Å². The summed E-state index contributed by atoms with van der Waals surface area (Å²) in [5.41, 5.74) is 1.19. The van der Waals surface area contributed by atoms with Crippen LogP contribution in [0.1, 0.15) is 60.9 Å². The molecule has 176 valence electrons. The van der Waals surface area contributed by atoms with Gasteiger partial charge in [0.1, 0.15) is 17.3 Å². The van der Waals surface area contributed by atoms with Crippen molar-refractivity contribution in [2.24, 2.45) is 0 Å². The van der Waals surface area contributed by atoms with Gasteiger partial charge in [-0.3, -0.25) is 0 Å². The summed E-state index contributed by atoms with van der Waals surface area (Å²) in [6.45, 7) is 12.3. The van der Waals surface area contributed by atoms with Crippen molar-refractivity contribution in [3.63, 3.8) is 0 Å². The molecule has 5 nitrogen and oxygen atoms in total. The summed E-state index contributed by atoms with van der Waals surface area (Å²) >= 11 is 7.84. The zero-order chi connectivity index (χ0) is 23.2. The van der Waals surface area contributed by atoms with Crippen LogP contribution in [-0.2, 0) is 12.3 Å². The topological polar surface area (TPSA) is 47.1 Å². The van der Waals surface area contributed by atoms with Crippen molar-refractivity contribution < 1.29 is 4.42 Å². The molecule has 1 aliphatic rings. The fourth-order valence-electron chi connectivity index (χ4n) is 4.44. The highest BCUT2D eigenvalue weighted by Gasteiger charge is 2.26. The van der Waals surface area contributed by atoms with Gasteiger partial charge in [-0.15, -0.1) is 16.8 Å². The van der Waals surface area contributed by atoms with Crippen LogP contribution in [0.5, 0.6) is 0 Å². The fourth-order valence-corrected chi connectivity index (χ4v) is 5.55. The van der Waals surface area contributed by atoms with Crippen LogP contribution < -0.4 is 0 Å². The molecule has 0 radical (unpaired) electrons. The Bertz CT molecular complexity index is 1050. The van der Waals surface area contributed by atoms with E-state index in [-0.39, 0.29) is 0 Å². The third-order valence-corrected chi connectivity index (χ3v) is 7.67. The molecule has 4 rings (SSSR count). The maximum Gasteiger partial charge on any atom is 0.191 e. The molecule has 1 fully saturated rings. The van der Waals surface area contributed by atoms with E-state index in [0.29, 0.717) is 11.8 Å². The number of aromatic nitrogens is 3. The number of allylic oxidation sites excluding steroid dienone is 1. The van der Waals surface area contributed by atoms with E-state index < -0.39 is 0 Å². The van der Waals surface area contributed by atoms with Gasteiger partial charge in [-0.2, -0.15) is 0 Å². The summed E-state index contributed by atoms with van der Waals surface area (Å²) in [6, 6.07) is 12.2. The van der Waals surface area contributed by atoms with E-state index in [1.54, 1.807) is 11.8 Å². The fraction of sp³-hybridized carbons (Fsp3) is 0.462. The number of thioether (sulfide) groups is 1. The molecular formula is C26H33ClN4OS. The number of rotatable bonds is 10. The van der Waals surface area contributed by atoms with Crippen LogP contribution in [0, 0.1) is 6.92 Å². The maximum absolute atomic E-state index is 6.13. The highest BCUT2D eigenvalue weighted by molar-refractivity contribution is 7.98. The molecule has 3 aromatic rings. The van der Waals surface area contributed by atoms with Gasteiger partial charge in [0.2, 0.25) is 0 Å². The molecule has 1 atom stereocenters. The molecule has 0 amide bonds. The van der Waals surface area contributed by atoms with Crippen LogP contribution >= 0.6 is 23.4 Å². The van der Waals surface area contributed by atoms with Gasteiger partial charge in [-0.25, -0.2) is 0 Å². The minimum atomic E-state index is 0.444. The molecule has 0 unspecified atom stereocenters. The van der Waals surface area contributed by atoms with E-state index in [2.05, 4.69) is 51.4 Å². The van der Waals surface area contributed by atoms with Gasteiger partial charge in [0.05, 0.1) is 0 Å². The minimum absolute atomic E-state index is 0.444. The second-order valence-electron chi connectivity index (χ2n) is 8.91. The van der Waals surface area contributed by atoms with Crippen molar-refractivity contribution in [1.29, 1.82) is 0 Å². The Morgan fingerprint density at radius 3 is 2.76 bits per heavy atom. The van der Waals surface area contributed by atoms with Crippen molar-refractivity contribution >= 4 is 23.4 Å². The first-order valence-corrected chi connectivity index (χ1v) is 13.1. The van der Waals surface area contributed by atoms with E-state index in [1.165, 1.54) is 5.56 Å². The van der Waals surface area contributed by atoms with E-state index in [4.69, 9.17) is 16.0 Å². The predicted octanol–water partition coefficient (Wildman–Crippen LogP) is 6.68. The number of benzene rings is 1. The minimum Gasteiger partial charge on any atom is -0.466 e. The maximum atomic E-state index is 6.13. The Hall–Kier alpha value is -2.02. The van der Waals surface area contributed by atoms with E-state index >= 15 is 0 Å². The zero-order valence-electron chi connectivity index (χ0n) is 19.5. The summed E-state index contributed by atoms with van der Waals surface area (Å²) in [5.74, 6) is 4.91. The number of nitrogens with zero attached hydrogens (tertiary/aromatic N) is 4. The highest BCUT2D eigenvalue weighted by Crippen LogP contribution is 2.31. The monoisotopic (exact) mass is 484 g/mol. The average Bonchev–Trinajstić information content (AvgIpc) is 3.43. The Kier molecular flexibility index (Phi) is 8.34. The average molecular weight is 485 g/mol. The van der Waals surface area contributed by atoms with Crippen molar-refractivity contribution in [1.82, 2.24) is 19.7 Å². The first-order chi connectivity index (χ1) is 16.0. The summed E-state index contributed by atoms with van der Waals surface area (Å²) in [4.78, 5) is 2.58. The summed E-state index contributed by atoms with van der Waals surface area (Å²) < 4.78 is 8.04. The lowest BCUT2D eigenvalue weighted by atomic mass is 9.95. The van der Waals surface area contributed by atoms with Crippen LogP contribution in [0.4, 0.5) is 0 Å². The second kappa shape index (κ2) is 11.4. The van der Waals surface area contributed by atoms with Gasteiger partial charge in [-0.1, -0.05) is 48.5 Å². The molecule has 0 bridgehead atoms. The summed E-state index contributed by atoms with van der Waals surface area (Å²) in [7, 11) is 0. The van der Waals surface area contributed by atoms with Gasteiger partial charge in [0.15, 0.2) is 5.16 Å². The molecular weight excluding hydrogens is 452 g/mol. The number of furan rings is 1. The largest absolute Gasteiger partial charge is 0.466 e. The summed E-state index contributed by atoms with van der Waals surface area (Å²) in [5, 5.41) is 10.9. The molecule has 1 saturated heterocycles. The molecule has 7 heteroatoms. The lowest BCUT2D eigenvalue weighted by Gasteiger charge is -2.32. The molecule has 2 aromatic heterocycles. The third kappa shape index (κ3) is 6.31. The Balaban J connectivity index is 1.32. The van der Waals surface area contributed by atoms with Gasteiger partial charge in [0.25, 0.3) is 0 Å². The first kappa shape index (κ1) is 24.1. The Morgan fingerprint density at radius 2 is 2.06 bits per heavy atom. The second-order valence-corrected chi connectivity index (χ2v) is 10.3. The standard InChI is InChI=1S/C26H33ClN4OS/c1-4-13-31-25(28-29-26(31)33-18-21-6-5-7-23(27)17-21)22-11-15-30(16-12-22)14-10-19(2)24-9-8-20(3)32-24/h4-9,17,19,22H,1,10-16,18H2,2-3H3/t19-/m0/s1. The van der Waals surface area contributed by atoms with Gasteiger partial charge < -0.3 is 13.9 Å². The molecule has 1 aliphatic heterocycles. The summed E-state index contributed by atoms with van der Waals surface area (Å²) in [6.07, 6.45) is 5.28. The van der Waals surface area contributed by atoms with Crippen LogP contribution in [0.2, 0.25) is 5.02 Å². The molecule has 0 aliphatic carbocycles. The van der Waals surface area contributed by atoms with Crippen LogP contribution in [-0.4, -0.2) is 39.3 Å². The van der Waals surface area contributed by atoms with Crippen LogP contribution in [0.25, 0.3) is 0 Å². The first-order valence-electron chi connectivity index (χ1n) is 11.7. The number of hydrogen-bond acceptors (Lipinski definition) is 5. The van der Waals surface area contributed by atoms with Crippen molar-refractivity contribution in [2.45, 2.75) is 62.4 Å².